The number of carbonyl (C=O) groups excluding carboxylic acids is 4. The van der Waals surface area contributed by atoms with Crippen LogP contribution in [0.15, 0.2) is 36.0 Å². The summed E-state index contributed by atoms with van der Waals surface area (Å²) in [6.07, 6.45) is 8.43. The highest BCUT2D eigenvalue weighted by Gasteiger charge is 2.57. The number of hydrogen-bond acceptors (Lipinski definition) is 12. The third kappa shape index (κ3) is 13.7. The fraction of sp³-hybridized carbons (Fsp3) is 0.811. The second-order valence-electron chi connectivity index (χ2n) is 22.3. The maximum atomic E-state index is 14.9. The van der Waals surface area contributed by atoms with Crippen molar-refractivity contribution in [1.29, 1.82) is 0 Å². The van der Waals surface area contributed by atoms with Gasteiger partial charge in [-0.2, -0.15) is 0 Å². The quantitative estimate of drug-likeness (QED) is 0.0876. The molecule has 1 saturated carbocycles. The number of ketones is 2. The average molecular weight is 960 g/mol. The molecule has 0 aromatic rings. The van der Waals surface area contributed by atoms with Gasteiger partial charge in [-0.3, -0.25) is 14.4 Å². The van der Waals surface area contributed by atoms with Gasteiger partial charge in [-0.15, -0.1) is 6.58 Å². The van der Waals surface area contributed by atoms with E-state index in [2.05, 4.69) is 59.5 Å². The number of ether oxygens (including phenoxy) is 5. The van der Waals surface area contributed by atoms with E-state index < -0.39 is 91.9 Å². The highest BCUT2D eigenvalue weighted by atomic mass is 28.4. The monoisotopic (exact) mass is 960 g/mol. The molecule has 14 heteroatoms. The summed E-state index contributed by atoms with van der Waals surface area (Å²) in [5.74, 6) is -6.99. The van der Waals surface area contributed by atoms with Crippen molar-refractivity contribution in [2.45, 2.75) is 218 Å². The van der Waals surface area contributed by atoms with E-state index in [1.807, 2.05) is 27.7 Å². The fourth-order valence-corrected chi connectivity index (χ4v) is 12.3. The Kier molecular flexibility index (Phi) is 20.5. The Morgan fingerprint density at radius 1 is 0.955 bits per heavy atom. The second kappa shape index (κ2) is 24.0. The number of Topliss-reactive ketones (excluding diaryl/α,β-unsaturated/α-hetero) is 2. The predicted molar refractivity (Wildman–Crippen MR) is 263 cm³/mol. The van der Waals surface area contributed by atoms with Crippen LogP contribution in [0.3, 0.4) is 0 Å². The van der Waals surface area contributed by atoms with Crippen molar-refractivity contribution in [1.82, 2.24) is 4.90 Å². The number of piperidine rings is 1. The summed E-state index contributed by atoms with van der Waals surface area (Å²) in [4.78, 5) is 59.9. The van der Waals surface area contributed by atoms with Crippen molar-refractivity contribution < 1.29 is 57.5 Å². The van der Waals surface area contributed by atoms with E-state index >= 15 is 0 Å². The van der Waals surface area contributed by atoms with Crippen LogP contribution in [0.4, 0.5) is 0 Å². The van der Waals surface area contributed by atoms with Gasteiger partial charge in [-0.1, -0.05) is 72.3 Å². The predicted octanol–water partition coefficient (Wildman–Crippen LogP) is 8.84. The maximum absolute atomic E-state index is 14.9. The van der Waals surface area contributed by atoms with E-state index in [1.54, 1.807) is 34.3 Å². The summed E-state index contributed by atoms with van der Waals surface area (Å²) < 4.78 is 38.0. The molecule has 0 aromatic heterocycles. The summed E-state index contributed by atoms with van der Waals surface area (Å²) in [7, 11) is 2.18. The van der Waals surface area contributed by atoms with Crippen molar-refractivity contribution in [3.63, 3.8) is 0 Å². The number of carbonyl (C=O) groups is 4. The van der Waals surface area contributed by atoms with Gasteiger partial charge < -0.3 is 43.2 Å². The van der Waals surface area contributed by atoms with Crippen LogP contribution in [-0.4, -0.2) is 129 Å². The molecular formula is C53H89NO12Si. The molecule has 1 aliphatic carbocycles. The van der Waals surface area contributed by atoms with Crippen LogP contribution in [0, 0.1) is 29.6 Å². The lowest BCUT2D eigenvalue weighted by molar-refractivity contribution is -0.302. The molecule has 67 heavy (non-hydrogen) atoms. The Morgan fingerprint density at radius 2 is 1.61 bits per heavy atom. The van der Waals surface area contributed by atoms with E-state index in [1.165, 1.54) is 4.90 Å². The number of nitrogens with zero attached hydrogens (tertiary/aromatic N) is 1. The molecule has 3 heterocycles. The third-order valence-corrected chi connectivity index (χ3v) is 20.7. The number of allylic oxidation sites excluding steroid dienone is 4. The van der Waals surface area contributed by atoms with Gasteiger partial charge in [0.05, 0.1) is 30.0 Å². The normalized spacial score (nSPS) is 38.3. The third-order valence-electron chi connectivity index (χ3n) is 16.1. The van der Waals surface area contributed by atoms with Gasteiger partial charge in [-0.05, 0) is 126 Å². The number of esters is 1. The molecule has 14 atom stereocenters. The van der Waals surface area contributed by atoms with Crippen LogP contribution in [0.25, 0.3) is 0 Å². The van der Waals surface area contributed by atoms with E-state index in [0.717, 1.165) is 11.1 Å². The lowest BCUT2D eigenvalue weighted by atomic mass is 9.73. The smallest absolute Gasteiger partial charge is 0.329 e. The molecule has 4 aliphatic rings. The average Bonchev–Trinajstić information content (AvgIpc) is 3.27. The molecule has 2 N–H and O–H groups in total. The number of cyclic esters (lactones) is 1. The summed E-state index contributed by atoms with van der Waals surface area (Å²) in [5.41, 5.74) is 0.808. The first-order valence-corrected chi connectivity index (χ1v) is 28.2. The molecule has 1 amide bonds. The SMILES string of the molecule is C=CCCC1(O)CCC(C=C(C)C2OC(=O)C3CCCCN3C(=O)C(=O)C3(O)OC(C(OC)CC(C)C/C(C)=C/C(CC)C(=O)CC(O[Si](C)(C)C(C)(C)C)C2C)C(OC)CC3C)CC1OC. The maximum Gasteiger partial charge on any atom is 0.329 e. The first-order valence-electron chi connectivity index (χ1n) is 25.2. The molecule has 382 valence electrons. The highest BCUT2D eigenvalue weighted by molar-refractivity contribution is 6.74. The molecule has 3 fully saturated rings. The van der Waals surface area contributed by atoms with Crippen LogP contribution in [0.2, 0.25) is 18.1 Å². The van der Waals surface area contributed by atoms with Gasteiger partial charge in [0.25, 0.3) is 11.7 Å². The standard InChI is InChI=1S/C53H89NO12Si/c1-16-18-23-52(59)24-22-38(31-45(52)63-13)29-35(5)46-37(7)42(66-67(14,15)51(8,9)10)32-41(55)39(17-2)27-33(3)26-34(4)28-43(61-11)47-44(62-12)30-36(6)53(60,65-47)48(56)49(57)54-25-20-19-21-40(54)50(58)64-46/h16,27,29,34,36-40,42-47,59-60H,1,17-26,28,30-32H2,2-15H3/b33-27+,35-29?. The molecule has 2 saturated heterocycles. The Morgan fingerprint density at radius 3 is 2.21 bits per heavy atom. The zero-order chi connectivity index (χ0) is 50.2. The lowest BCUT2D eigenvalue weighted by Gasteiger charge is -2.47. The molecular weight excluding hydrogens is 871 g/mol. The first kappa shape index (κ1) is 57.0. The van der Waals surface area contributed by atoms with Crippen LogP contribution in [0.1, 0.15) is 146 Å². The number of amides is 1. The topological polar surface area (TPSA) is 167 Å². The number of fused-ring (bicyclic) bond motifs is 3. The molecule has 13 nitrogen and oxygen atoms in total. The summed E-state index contributed by atoms with van der Waals surface area (Å²) in [6.45, 7) is 26.5. The van der Waals surface area contributed by atoms with Crippen molar-refractivity contribution in [2.24, 2.45) is 29.6 Å². The minimum Gasteiger partial charge on any atom is -0.456 e. The number of rotatable bonds is 11. The number of aliphatic hydroxyl groups is 2. The summed E-state index contributed by atoms with van der Waals surface area (Å²) in [5, 5.41) is 23.7. The first-order chi connectivity index (χ1) is 31.3. The largest absolute Gasteiger partial charge is 0.456 e. The minimum atomic E-state index is -2.55. The van der Waals surface area contributed by atoms with Crippen molar-refractivity contribution in [3.8, 4) is 0 Å². The van der Waals surface area contributed by atoms with E-state index in [-0.39, 0.29) is 54.4 Å². The molecule has 2 bridgehead atoms. The Hall–Kier alpha value is -2.56. The number of methoxy groups -OCH3 is 3. The van der Waals surface area contributed by atoms with Gasteiger partial charge in [0.1, 0.15) is 24.0 Å². The fourth-order valence-electron chi connectivity index (χ4n) is 10.8. The second-order valence-corrected chi connectivity index (χ2v) is 27.0. The molecule has 0 radical (unpaired) electrons. The van der Waals surface area contributed by atoms with Gasteiger partial charge in [0, 0.05) is 52.0 Å². The van der Waals surface area contributed by atoms with E-state index in [9.17, 15) is 29.4 Å². The van der Waals surface area contributed by atoms with E-state index in [0.29, 0.717) is 64.2 Å². The molecule has 3 aliphatic heterocycles. The van der Waals surface area contributed by atoms with Gasteiger partial charge in [-0.25, -0.2) is 4.79 Å². The summed E-state index contributed by atoms with van der Waals surface area (Å²) >= 11 is 0. The van der Waals surface area contributed by atoms with Crippen molar-refractivity contribution in [2.75, 3.05) is 27.9 Å². The minimum absolute atomic E-state index is 0.0193. The zero-order valence-corrected chi connectivity index (χ0v) is 44.7. The summed E-state index contributed by atoms with van der Waals surface area (Å²) in [6, 6.07) is -1.12. The van der Waals surface area contributed by atoms with Crippen LogP contribution in [-0.2, 0) is 47.3 Å². The van der Waals surface area contributed by atoms with Crippen molar-refractivity contribution >= 4 is 31.8 Å². The van der Waals surface area contributed by atoms with Gasteiger partial charge in [0.15, 0.2) is 8.32 Å². The Balaban J connectivity index is 1.88. The van der Waals surface area contributed by atoms with Gasteiger partial charge in [0.2, 0.25) is 5.79 Å². The molecule has 14 unspecified atom stereocenters. The molecule has 0 aromatic carbocycles. The highest BCUT2D eigenvalue weighted by Crippen LogP contribution is 2.43. The lowest BCUT2D eigenvalue weighted by Crippen LogP contribution is -2.64. The molecule has 0 spiro atoms. The van der Waals surface area contributed by atoms with E-state index in [4.69, 9.17) is 28.1 Å². The van der Waals surface area contributed by atoms with Gasteiger partial charge >= 0.3 is 5.97 Å². The van der Waals surface area contributed by atoms with Crippen LogP contribution < -0.4 is 0 Å². The Labute approximate surface area is 404 Å². The Bertz CT molecular complexity index is 1770. The van der Waals surface area contributed by atoms with Crippen LogP contribution >= 0.6 is 0 Å². The van der Waals surface area contributed by atoms with Crippen LogP contribution in [0.5, 0.6) is 0 Å². The van der Waals surface area contributed by atoms with Crippen molar-refractivity contribution in [3.05, 3.63) is 36.0 Å². The number of hydrogen-bond donors (Lipinski definition) is 2. The zero-order valence-electron chi connectivity index (χ0n) is 43.7. The molecule has 4 rings (SSSR count).